The molecule has 2 amide bonds. The fourth-order valence-corrected chi connectivity index (χ4v) is 2.97. The lowest BCUT2D eigenvalue weighted by Crippen LogP contribution is -2.40. The molecule has 0 unspecified atom stereocenters. The molecule has 1 aromatic carbocycles. The molecular weight excluding hydrogens is 343 g/mol. The number of ether oxygens (including phenoxy) is 1. The minimum absolute atomic E-state index is 0.0599. The zero-order valence-electron chi connectivity index (χ0n) is 14.8. The van der Waals surface area contributed by atoms with Gasteiger partial charge in [0, 0.05) is 12.5 Å². The predicted octanol–water partition coefficient (Wildman–Crippen LogP) is 0.683. The third-order valence-corrected chi connectivity index (χ3v) is 4.44. The van der Waals surface area contributed by atoms with E-state index >= 15 is 0 Å². The van der Waals surface area contributed by atoms with Crippen LogP contribution >= 0.6 is 0 Å². The molecule has 1 fully saturated rings. The van der Waals surface area contributed by atoms with Crippen molar-refractivity contribution < 1.29 is 28.6 Å². The Bertz CT molecular complexity index is 694. The molecule has 3 atom stereocenters. The van der Waals surface area contributed by atoms with Crippen LogP contribution in [0, 0.1) is 18.7 Å². The number of methoxy groups -OCH3 is 1. The SMILES string of the molecule is COC(=O)CCNC(=O)[C@@H]1C[C@@H](O)[C@H](NC(=O)c2ccc(C)cc2F)C1. The molecule has 1 aromatic rings. The van der Waals surface area contributed by atoms with Crippen LogP contribution in [-0.4, -0.2) is 48.7 Å². The summed E-state index contributed by atoms with van der Waals surface area (Å²) in [5.74, 6) is -2.48. The van der Waals surface area contributed by atoms with E-state index in [9.17, 15) is 23.9 Å². The Kier molecular flexibility index (Phi) is 6.68. The van der Waals surface area contributed by atoms with Gasteiger partial charge in [0.25, 0.3) is 5.91 Å². The summed E-state index contributed by atoms with van der Waals surface area (Å²) in [7, 11) is 1.27. The number of aryl methyl sites for hydroxylation is 1. The van der Waals surface area contributed by atoms with Gasteiger partial charge in [0.15, 0.2) is 0 Å². The van der Waals surface area contributed by atoms with Crippen molar-refractivity contribution in [2.75, 3.05) is 13.7 Å². The van der Waals surface area contributed by atoms with Gasteiger partial charge in [-0.25, -0.2) is 4.39 Å². The van der Waals surface area contributed by atoms with E-state index in [1.165, 1.54) is 19.2 Å². The summed E-state index contributed by atoms with van der Waals surface area (Å²) in [6, 6.07) is 3.64. The van der Waals surface area contributed by atoms with Crippen LogP contribution in [0.4, 0.5) is 4.39 Å². The number of amides is 2. The first-order valence-electron chi connectivity index (χ1n) is 8.41. The van der Waals surface area contributed by atoms with Gasteiger partial charge < -0.3 is 20.5 Å². The number of nitrogens with one attached hydrogen (secondary N) is 2. The maximum absolute atomic E-state index is 13.9. The van der Waals surface area contributed by atoms with Gasteiger partial charge in [0.2, 0.25) is 5.91 Å². The second kappa shape index (κ2) is 8.75. The number of halogens is 1. The lowest BCUT2D eigenvalue weighted by molar-refractivity contribution is -0.140. The van der Waals surface area contributed by atoms with Gasteiger partial charge in [-0.05, 0) is 37.5 Å². The van der Waals surface area contributed by atoms with Crippen LogP contribution in [0.2, 0.25) is 0 Å². The maximum Gasteiger partial charge on any atom is 0.307 e. The Morgan fingerprint density at radius 3 is 2.69 bits per heavy atom. The van der Waals surface area contributed by atoms with Crippen LogP contribution in [0.25, 0.3) is 0 Å². The largest absolute Gasteiger partial charge is 0.469 e. The molecule has 26 heavy (non-hydrogen) atoms. The number of hydrogen-bond donors (Lipinski definition) is 3. The van der Waals surface area contributed by atoms with E-state index in [4.69, 9.17) is 0 Å². The van der Waals surface area contributed by atoms with E-state index in [-0.39, 0.29) is 37.3 Å². The summed E-state index contributed by atoms with van der Waals surface area (Å²) < 4.78 is 18.4. The Labute approximate surface area is 150 Å². The highest BCUT2D eigenvalue weighted by Crippen LogP contribution is 2.27. The van der Waals surface area contributed by atoms with Crippen LogP contribution in [0.1, 0.15) is 35.2 Å². The molecule has 0 aliphatic heterocycles. The number of carbonyl (C=O) groups excluding carboxylic acids is 3. The second-order valence-electron chi connectivity index (χ2n) is 6.42. The Morgan fingerprint density at radius 1 is 1.31 bits per heavy atom. The van der Waals surface area contributed by atoms with Gasteiger partial charge in [0.05, 0.1) is 31.2 Å². The molecule has 1 saturated carbocycles. The summed E-state index contributed by atoms with van der Waals surface area (Å²) in [6.45, 7) is 1.86. The topological polar surface area (TPSA) is 105 Å². The Balaban J connectivity index is 1.88. The number of aliphatic hydroxyl groups excluding tert-OH is 1. The molecule has 3 N–H and O–H groups in total. The number of carbonyl (C=O) groups is 3. The molecule has 1 aliphatic rings. The van der Waals surface area contributed by atoms with Crippen molar-refractivity contribution in [2.45, 2.75) is 38.3 Å². The third-order valence-electron chi connectivity index (χ3n) is 4.44. The highest BCUT2D eigenvalue weighted by molar-refractivity contribution is 5.94. The molecule has 2 rings (SSSR count). The standard InChI is InChI=1S/C18H23FN2O5/c1-10-3-4-12(13(19)7-10)18(25)21-14-8-11(9-15(14)22)17(24)20-6-5-16(23)26-2/h3-4,7,11,14-15,22H,5-6,8-9H2,1-2H3,(H,20,24)(H,21,25)/t11-,14+,15+/m0/s1. The summed E-state index contributed by atoms with van der Waals surface area (Å²) in [5, 5.41) is 15.3. The van der Waals surface area contributed by atoms with E-state index in [1.54, 1.807) is 13.0 Å². The van der Waals surface area contributed by atoms with Crippen molar-refractivity contribution in [2.24, 2.45) is 5.92 Å². The molecule has 0 bridgehead atoms. The zero-order valence-corrected chi connectivity index (χ0v) is 14.8. The van der Waals surface area contributed by atoms with Crippen LogP contribution < -0.4 is 10.6 Å². The van der Waals surface area contributed by atoms with Crippen molar-refractivity contribution in [3.8, 4) is 0 Å². The predicted molar refractivity (Wildman–Crippen MR) is 90.8 cm³/mol. The normalized spacial score (nSPS) is 21.9. The molecule has 0 saturated heterocycles. The molecule has 0 aromatic heterocycles. The number of aliphatic hydroxyl groups is 1. The van der Waals surface area contributed by atoms with Gasteiger partial charge in [0.1, 0.15) is 5.82 Å². The third kappa shape index (κ3) is 5.01. The fourth-order valence-electron chi connectivity index (χ4n) is 2.97. The molecule has 7 nitrogen and oxygen atoms in total. The first kappa shape index (κ1) is 19.8. The van der Waals surface area contributed by atoms with Crippen LogP contribution in [-0.2, 0) is 14.3 Å². The number of esters is 1. The lowest BCUT2D eigenvalue weighted by atomic mass is 10.1. The summed E-state index contributed by atoms with van der Waals surface area (Å²) in [5.41, 5.74) is 0.595. The van der Waals surface area contributed by atoms with Gasteiger partial charge in [-0.15, -0.1) is 0 Å². The van der Waals surface area contributed by atoms with E-state index < -0.39 is 35.8 Å². The second-order valence-corrected chi connectivity index (χ2v) is 6.42. The highest BCUT2D eigenvalue weighted by atomic mass is 19.1. The molecular formula is C18H23FN2O5. The molecule has 0 heterocycles. The minimum Gasteiger partial charge on any atom is -0.469 e. The molecule has 1 aliphatic carbocycles. The lowest BCUT2D eigenvalue weighted by Gasteiger charge is -2.16. The van der Waals surface area contributed by atoms with Crippen molar-refractivity contribution in [3.63, 3.8) is 0 Å². The van der Waals surface area contributed by atoms with E-state index in [2.05, 4.69) is 15.4 Å². The van der Waals surface area contributed by atoms with Crippen LogP contribution in [0.5, 0.6) is 0 Å². The van der Waals surface area contributed by atoms with E-state index in [0.29, 0.717) is 5.56 Å². The van der Waals surface area contributed by atoms with E-state index in [1.807, 2.05) is 0 Å². The van der Waals surface area contributed by atoms with Crippen molar-refractivity contribution in [3.05, 3.63) is 35.1 Å². The van der Waals surface area contributed by atoms with Crippen molar-refractivity contribution >= 4 is 17.8 Å². The van der Waals surface area contributed by atoms with Gasteiger partial charge in [-0.2, -0.15) is 0 Å². The van der Waals surface area contributed by atoms with Crippen LogP contribution in [0.3, 0.4) is 0 Å². The average Bonchev–Trinajstić information content (AvgIpc) is 2.95. The van der Waals surface area contributed by atoms with Gasteiger partial charge in [-0.3, -0.25) is 14.4 Å². The molecule has 8 heteroatoms. The first-order chi connectivity index (χ1) is 12.3. The van der Waals surface area contributed by atoms with Gasteiger partial charge in [-0.1, -0.05) is 6.07 Å². The maximum atomic E-state index is 13.9. The highest BCUT2D eigenvalue weighted by Gasteiger charge is 2.37. The Hall–Kier alpha value is -2.48. The monoisotopic (exact) mass is 366 g/mol. The van der Waals surface area contributed by atoms with Gasteiger partial charge >= 0.3 is 5.97 Å². The number of benzene rings is 1. The quantitative estimate of drug-likeness (QED) is 0.643. The first-order valence-corrected chi connectivity index (χ1v) is 8.41. The molecule has 142 valence electrons. The Morgan fingerprint density at radius 2 is 2.04 bits per heavy atom. The van der Waals surface area contributed by atoms with Crippen molar-refractivity contribution in [1.29, 1.82) is 0 Å². The summed E-state index contributed by atoms with van der Waals surface area (Å²) in [6.07, 6.45) is -0.413. The average molecular weight is 366 g/mol. The minimum atomic E-state index is -0.899. The molecule has 0 spiro atoms. The zero-order chi connectivity index (χ0) is 19.3. The number of rotatable bonds is 6. The smallest absolute Gasteiger partial charge is 0.307 e. The summed E-state index contributed by atoms with van der Waals surface area (Å²) in [4.78, 5) is 35.4. The summed E-state index contributed by atoms with van der Waals surface area (Å²) >= 11 is 0. The fraction of sp³-hybridized carbons (Fsp3) is 0.500. The molecule has 0 radical (unpaired) electrons. The number of hydrogen-bond acceptors (Lipinski definition) is 5. The van der Waals surface area contributed by atoms with Crippen LogP contribution in [0.15, 0.2) is 18.2 Å². The van der Waals surface area contributed by atoms with E-state index in [0.717, 1.165) is 0 Å². The van der Waals surface area contributed by atoms with Crippen molar-refractivity contribution in [1.82, 2.24) is 10.6 Å².